The molecule has 0 radical (unpaired) electrons. The van der Waals surface area contributed by atoms with E-state index in [2.05, 4.69) is 0 Å². The van der Waals surface area contributed by atoms with Gasteiger partial charge in [-0.2, -0.15) is 5.06 Å². The van der Waals surface area contributed by atoms with Crippen molar-refractivity contribution in [2.45, 2.75) is 25.0 Å². The van der Waals surface area contributed by atoms with E-state index in [-0.39, 0.29) is 13.0 Å². The number of benzene rings is 1. The molecule has 0 unspecified atom stereocenters. The first kappa shape index (κ1) is 13.5. The van der Waals surface area contributed by atoms with Gasteiger partial charge in [0.15, 0.2) is 0 Å². The summed E-state index contributed by atoms with van der Waals surface area (Å²) in [4.78, 5) is 28.0. The lowest BCUT2D eigenvalue weighted by molar-refractivity contribution is -0.226. The molecule has 0 amide bonds. The van der Waals surface area contributed by atoms with Crippen molar-refractivity contribution in [3.05, 3.63) is 35.9 Å². The topological polar surface area (TPSA) is 87.1 Å². The summed E-state index contributed by atoms with van der Waals surface area (Å²) in [5, 5.41) is 19.5. The van der Waals surface area contributed by atoms with Crippen LogP contribution in [0.5, 0.6) is 0 Å². The average Bonchev–Trinajstić information content (AvgIpc) is 2.82. The van der Waals surface area contributed by atoms with Gasteiger partial charge in [-0.05, 0) is 18.4 Å². The van der Waals surface area contributed by atoms with Crippen molar-refractivity contribution in [3.8, 4) is 0 Å². The van der Waals surface area contributed by atoms with Gasteiger partial charge in [0.2, 0.25) is 5.54 Å². The Labute approximate surface area is 110 Å². The number of carbonyl (C=O) groups is 2. The number of hydroxylamine groups is 2. The Morgan fingerprint density at radius 2 is 1.84 bits per heavy atom. The van der Waals surface area contributed by atoms with E-state index < -0.39 is 17.5 Å². The predicted molar refractivity (Wildman–Crippen MR) is 65.2 cm³/mol. The summed E-state index contributed by atoms with van der Waals surface area (Å²) in [6, 6.07) is 9.20. The van der Waals surface area contributed by atoms with Crippen molar-refractivity contribution in [1.82, 2.24) is 5.06 Å². The third kappa shape index (κ3) is 2.45. The lowest BCUT2D eigenvalue weighted by Gasteiger charge is -2.29. The Morgan fingerprint density at radius 1 is 1.21 bits per heavy atom. The molecule has 0 aliphatic carbocycles. The van der Waals surface area contributed by atoms with Crippen molar-refractivity contribution in [1.29, 1.82) is 0 Å². The first-order valence-corrected chi connectivity index (χ1v) is 5.98. The maximum absolute atomic E-state index is 11.3. The second kappa shape index (κ2) is 5.38. The molecule has 0 atom stereocenters. The molecule has 102 valence electrons. The average molecular weight is 265 g/mol. The van der Waals surface area contributed by atoms with E-state index in [1.165, 1.54) is 0 Å². The van der Waals surface area contributed by atoms with E-state index in [1.54, 1.807) is 0 Å². The Kier molecular flexibility index (Phi) is 3.82. The fourth-order valence-electron chi connectivity index (χ4n) is 2.21. The molecular formula is C13H15NO5. The van der Waals surface area contributed by atoms with Crippen LogP contribution in [0, 0.1) is 0 Å². The van der Waals surface area contributed by atoms with Crippen LogP contribution in [0.1, 0.15) is 18.4 Å². The Bertz CT molecular complexity index is 459. The molecule has 1 saturated heterocycles. The van der Waals surface area contributed by atoms with Crippen LogP contribution in [0.2, 0.25) is 0 Å². The van der Waals surface area contributed by atoms with E-state index in [9.17, 15) is 19.8 Å². The van der Waals surface area contributed by atoms with Gasteiger partial charge in [0, 0.05) is 6.54 Å². The van der Waals surface area contributed by atoms with Crippen LogP contribution in [0.4, 0.5) is 0 Å². The number of rotatable bonds is 5. The van der Waals surface area contributed by atoms with Gasteiger partial charge in [-0.25, -0.2) is 9.59 Å². The Morgan fingerprint density at radius 3 is 2.42 bits per heavy atom. The Hall–Kier alpha value is -1.92. The summed E-state index contributed by atoms with van der Waals surface area (Å²) in [5.41, 5.74) is -1.10. The summed E-state index contributed by atoms with van der Waals surface area (Å²) in [6.45, 7) is 0.453. The summed E-state index contributed by atoms with van der Waals surface area (Å²) in [6.07, 6.45) is 0.528. The molecule has 1 aromatic rings. The summed E-state index contributed by atoms with van der Waals surface area (Å²) >= 11 is 0. The molecule has 1 aliphatic rings. The Balaban J connectivity index is 2.10. The minimum Gasteiger partial charge on any atom is -0.479 e. The van der Waals surface area contributed by atoms with E-state index in [0.717, 1.165) is 10.6 Å². The van der Waals surface area contributed by atoms with Crippen molar-refractivity contribution >= 4 is 11.9 Å². The standard InChI is InChI=1S/C13H15NO5/c15-11(16)13(12(17)18)7-4-8-14(13)19-9-10-5-2-1-3-6-10/h1-3,5-6H,4,7-9H2,(H,15,16)(H,17,18). The second-order valence-electron chi connectivity index (χ2n) is 4.44. The molecular weight excluding hydrogens is 250 g/mol. The summed E-state index contributed by atoms with van der Waals surface area (Å²) < 4.78 is 0. The first-order chi connectivity index (χ1) is 9.07. The fourth-order valence-corrected chi connectivity index (χ4v) is 2.21. The highest BCUT2D eigenvalue weighted by molar-refractivity contribution is 6.03. The maximum Gasteiger partial charge on any atom is 0.338 e. The molecule has 1 aliphatic heterocycles. The van der Waals surface area contributed by atoms with Crippen molar-refractivity contribution < 1.29 is 24.6 Å². The maximum atomic E-state index is 11.3. The highest BCUT2D eigenvalue weighted by Gasteiger charge is 2.55. The molecule has 0 bridgehead atoms. The molecule has 0 aromatic heterocycles. The molecule has 1 heterocycles. The minimum absolute atomic E-state index is 0.0481. The highest BCUT2D eigenvalue weighted by Crippen LogP contribution is 2.30. The van der Waals surface area contributed by atoms with Crippen LogP contribution in [-0.4, -0.2) is 39.3 Å². The van der Waals surface area contributed by atoms with Crippen molar-refractivity contribution in [2.75, 3.05) is 6.54 Å². The third-order valence-corrected chi connectivity index (χ3v) is 3.26. The monoisotopic (exact) mass is 265 g/mol. The zero-order valence-corrected chi connectivity index (χ0v) is 10.3. The van der Waals surface area contributed by atoms with Gasteiger partial charge in [0.1, 0.15) is 0 Å². The van der Waals surface area contributed by atoms with Gasteiger partial charge >= 0.3 is 11.9 Å². The number of hydrogen-bond acceptors (Lipinski definition) is 4. The quantitative estimate of drug-likeness (QED) is 0.776. The summed E-state index contributed by atoms with van der Waals surface area (Å²) in [5.74, 6) is -2.77. The lowest BCUT2D eigenvalue weighted by atomic mass is 9.98. The van der Waals surface area contributed by atoms with Crippen LogP contribution in [0.3, 0.4) is 0 Å². The number of hydrogen-bond donors (Lipinski definition) is 2. The van der Waals surface area contributed by atoms with Gasteiger partial charge in [-0.3, -0.25) is 4.84 Å². The van der Waals surface area contributed by atoms with Crippen LogP contribution in [-0.2, 0) is 21.0 Å². The summed E-state index contributed by atoms with van der Waals surface area (Å²) in [7, 11) is 0. The van der Waals surface area contributed by atoms with Gasteiger partial charge in [-0.15, -0.1) is 0 Å². The van der Waals surface area contributed by atoms with Crippen molar-refractivity contribution in [2.24, 2.45) is 0 Å². The van der Waals surface area contributed by atoms with Crippen LogP contribution < -0.4 is 0 Å². The van der Waals surface area contributed by atoms with Crippen molar-refractivity contribution in [3.63, 3.8) is 0 Å². The van der Waals surface area contributed by atoms with E-state index in [0.29, 0.717) is 13.0 Å². The van der Waals surface area contributed by atoms with Gasteiger partial charge < -0.3 is 10.2 Å². The largest absolute Gasteiger partial charge is 0.479 e. The third-order valence-electron chi connectivity index (χ3n) is 3.26. The fraction of sp³-hybridized carbons (Fsp3) is 0.385. The van der Waals surface area contributed by atoms with E-state index in [1.807, 2.05) is 30.3 Å². The van der Waals surface area contributed by atoms with E-state index >= 15 is 0 Å². The molecule has 0 saturated carbocycles. The van der Waals surface area contributed by atoms with Crippen LogP contribution in [0.25, 0.3) is 0 Å². The molecule has 2 N–H and O–H groups in total. The van der Waals surface area contributed by atoms with Gasteiger partial charge in [-0.1, -0.05) is 30.3 Å². The van der Waals surface area contributed by atoms with Crippen LogP contribution in [0.15, 0.2) is 30.3 Å². The molecule has 1 fully saturated rings. The molecule has 19 heavy (non-hydrogen) atoms. The number of nitrogens with zero attached hydrogens (tertiary/aromatic N) is 1. The minimum atomic E-state index is -1.96. The zero-order chi connectivity index (χ0) is 13.9. The van der Waals surface area contributed by atoms with Gasteiger partial charge in [0.05, 0.1) is 6.61 Å². The normalized spacial score (nSPS) is 18.3. The first-order valence-electron chi connectivity index (χ1n) is 5.98. The lowest BCUT2D eigenvalue weighted by Crippen LogP contribution is -2.56. The van der Waals surface area contributed by atoms with Gasteiger partial charge in [0.25, 0.3) is 0 Å². The SMILES string of the molecule is O=C(O)C1(C(=O)O)CCCN1OCc1ccccc1. The second-order valence-corrected chi connectivity index (χ2v) is 4.44. The number of carboxylic acids is 2. The zero-order valence-electron chi connectivity index (χ0n) is 10.3. The smallest absolute Gasteiger partial charge is 0.338 e. The van der Waals surface area contributed by atoms with Crippen LogP contribution >= 0.6 is 0 Å². The molecule has 0 spiro atoms. The molecule has 6 heteroatoms. The van der Waals surface area contributed by atoms with E-state index in [4.69, 9.17) is 4.84 Å². The molecule has 6 nitrogen and oxygen atoms in total. The predicted octanol–water partition coefficient (Wildman–Crippen LogP) is 1.12. The highest BCUT2D eigenvalue weighted by atomic mass is 16.7. The number of carboxylic acid groups (broad SMARTS) is 2. The molecule has 2 rings (SSSR count). The molecule has 1 aromatic carbocycles. The number of aliphatic carboxylic acids is 2.